The van der Waals surface area contributed by atoms with Gasteiger partial charge in [-0.05, 0) is 62.3 Å². The predicted octanol–water partition coefficient (Wildman–Crippen LogP) is 3.70. The maximum atomic E-state index is 13.8. The smallest absolute Gasteiger partial charge is 0.125 e. The van der Waals surface area contributed by atoms with E-state index in [1.165, 1.54) is 32.1 Å². The van der Waals surface area contributed by atoms with Gasteiger partial charge in [-0.15, -0.1) is 0 Å². The average molecular weight is 276 g/mol. The molecule has 0 aliphatic heterocycles. The summed E-state index contributed by atoms with van der Waals surface area (Å²) in [5.41, 5.74) is 2.12. The molecule has 3 rings (SSSR count). The molecule has 0 bridgehead atoms. The van der Waals surface area contributed by atoms with Gasteiger partial charge in [-0.3, -0.25) is 0 Å². The van der Waals surface area contributed by atoms with Crippen molar-refractivity contribution in [1.82, 2.24) is 5.32 Å². The summed E-state index contributed by atoms with van der Waals surface area (Å²) in [4.78, 5) is 2.33. The number of anilines is 1. The van der Waals surface area contributed by atoms with Gasteiger partial charge < -0.3 is 10.2 Å². The van der Waals surface area contributed by atoms with Gasteiger partial charge >= 0.3 is 0 Å². The van der Waals surface area contributed by atoms with E-state index in [-0.39, 0.29) is 5.82 Å². The molecular formula is C17H25FN2. The third-order valence-corrected chi connectivity index (χ3v) is 4.56. The second kappa shape index (κ2) is 6.13. The molecule has 0 atom stereocenters. The molecule has 2 nitrogen and oxygen atoms in total. The summed E-state index contributed by atoms with van der Waals surface area (Å²) in [6.07, 6.45) is 6.57. The molecule has 0 amide bonds. The lowest BCUT2D eigenvalue weighted by Crippen LogP contribution is -2.32. The molecule has 0 saturated heterocycles. The Kier molecular flexibility index (Phi) is 4.25. The molecule has 2 aliphatic rings. The summed E-state index contributed by atoms with van der Waals surface area (Å²) in [5.74, 6) is 0.702. The van der Waals surface area contributed by atoms with Crippen molar-refractivity contribution in [3.8, 4) is 0 Å². The number of benzene rings is 1. The fourth-order valence-corrected chi connectivity index (χ4v) is 2.87. The molecule has 0 unspecified atom stereocenters. The van der Waals surface area contributed by atoms with E-state index in [4.69, 9.17) is 0 Å². The molecule has 2 fully saturated rings. The number of hydrogen-bond acceptors (Lipinski definition) is 2. The first-order valence-corrected chi connectivity index (χ1v) is 8.02. The Labute approximate surface area is 121 Å². The third kappa shape index (κ3) is 3.51. The Hall–Kier alpha value is -1.09. The van der Waals surface area contributed by atoms with Gasteiger partial charge in [0, 0.05) is 31.4 Å². The molecule has 2 aliphatic carbocycles. The lowest BCUT2D eigenvalue weighted by atomic mass is 9.85. The molecule has 0 aromatic heterocycles. The van der Waals surface area contributed by atoms with Crippen molar-refractivity contribution >= 4 is 5.69 Å². The first-order chi connectivity index (χ1) is 9.74. The van der Waals surface area contributed by atoms with E-state index in [1.54, 1.807) is 12.1 Å². The maximum absolute atomic E-state index is 13.8. The minimum atomic E-state index is -0.109. The van der Waals surface area contributed by atoms with Gasteiger partial charge in [0.15, 0.2) is 0 Å². The summed E-state index contributed by atoms with van der Waals surface area (Å²) in [6, 6.07) is 6.17. The van der Waals surface area contributed by atoms with E-state index < -0.39 is 0 Å². The molecule has 1 aromatic carbocycles. The second-order valence-electron chi connectivity index (χ2n) is 6.31. The highest BCUT2D eigenvalue weighted by atomic mass is 19.1. The monoisotopic (exact) mass is 276 g/mol. The molecule has 3 heteroatoms. The zero-order valence-corrected chi connectivity index (χ0v) is 12.4. The number of nitrogens with zero attached hydrogens (tertiary/aromatic N) is 1. The molecule has 0 spiro atoms. The van der Waals surface area contributed by atoms with Crippen molar-refractivity contribution in [2.24, 2.45) is 5.92 Å². The van der Waals surface area contributed by atoms with Gasteiger partial charge in [-0.2, -0.15) is 0 Å². The Bertz CT molecular complexity index is 452. The number of halogens is 1. The summed E-state index contributed by atoms with van der Waals surface area (Å²) in [5, 5.41) is 3.46. The van der Waals surface area contributed by atoms with Gasteiger partial charge in [-0.25, -0.2) is 4.39 Å². The fourth-order valence-electron chi connectivity index (χ4n) is 2.87. The highest BCUT2D eigenvalue weighted by Crippen LogP contribution is 2.29. The van der Waals surface area contributed by atoms with Gasteiger partial charge in [-0.1, -0.05) is 6.42 Å². The molecule has 1 N–H and O–H groups in total. The molecule has 0 heterocycles. The predicted molar refractivity (Wildman–Crippen MR) is 81.5 cm³/mol. The van der Waals surface area contributed by atoms with E-state index >= 15 is 0 Å². The fraction of sp³-hybridized carbons (Fsp3) is 0.647. The Balaban J connectivity index is 1.68. The Morgan fingerprint density at radius 1 is 1.20 bits per heavy atom. The minimum absolute atomic E-state index is 0.109. The SMILES string of the molecule is CCN(CC1CCC1)c1cc(F)cc(CNC2CC2)c1. The van der Waals surface area contributed by atoms with Crippen LogP contribution >= 0.6 is 0 Å². The van der Waals surface area contributed by atoms with Crippen LogP contribution in [0.1, 0.15) is 44.6 Å². The zero-order chi connectivity index (χ0) is 13.9. The van der Waals surface area contributed by atoms with E-state index in [2.05, 4.69) is 23.2 Å². The van der Waals surface area contributed by atoms with Crippen molar-refractivity contribution in [1.29, 1.82) is 0 Å². The Morgan fingerprint density at radius 2 is 2.00 bits per heavy atom. The first kappa shape index (κ1) is 13.9. The van der Waals surface area contributed by atoms with Crippen LogP contribution in [0.15, 0.2) is 18.2 Å². The van der Waals surface area contributed by atoms with Crippen LogP contribution in [0.5, 0.6) is 0 Å². The van der Waals surface area contributed by atoms with Crippen LogP contribution in [0.2, 0.25) is 0 Å². The van der Waals surface area contributed by atoms with Crippen LogP contribution in [0, 0.1) is 11.7 Å². The van der Waals surface area contributed by atoms with Gasteiger partial charge in [0.2, 0.25) is 0 Å². The first-order valence-electron chi connectivity index (χ1n) is 8.02. The van der Waals surface area contributed by atoms with Crippen LogP contribution in [0.3, 0.4) is 0 Å². The average Bonchev–Trinajstić information content (AvgIpc) is 3.18. The van der Waals surface area contributed by atoms with Gasteiger partial charge in [0.25, 0.3) is 0 Å². The maximum Gasteiger partial charge on any atom is 0.125 e. The summed E-state index contributed by atoms with van der Waals surface area (Å²) < 4.78 is 13.8. The molecular weight excluding hydrogens is 251 g/mol. The lowest BCUT2D eigenvalue weighted by Gasteiger charge is -2.33. The third-order valence-electron chi connectivity index (χ3n) is 4.56. The number of hydrogen-bond donors (Lipinski definition) is 1. The standard InChI is InChI=1S/C17H25FN2/c1-2-20(12-13-4-3-5-13)17-9-14(8-15(18)10-17)11-19-16-6-7-16/h8-10,13,16,19H,2-7,11-12H2,1H3. The molecule has 20 heavy (non-hydrogen) atoms. The molecule has 0 radical (unpaired) electrons. The second-order valence-corrected chi connectivity index (χ2v) is 6.31. The van der Waals surface area contributed by atoms with Gasteiger partial charge in [0.05, 0.1) is 0 Å². The van der Waals surface area contributed by atoms with E-state index in [1.807, 2.05) is 0 Å². The summed E-state index contributed by atoms with van der Waals surface area (Å²) in [7, 11) is 0. The summed E-state index contributed by atoms with van der Waals surface area (Å²) in [6.45, 7) is 4.98. The van der Waals surface area contributed by atoms with E-state index in [0.29, 0.717) is 6.04 Å². The van der Waals surface area contributed by atoms with Crippen molar-refractivity contribution in [2.45, 2.75) is 51.6 Å². The van der Waals surface area contributed by atoms with Crippen LogP contribution < -0.4 is 10.2 Å². The largest absolute Gasteiger partial charge is 0.371 e. The van der Waals surface area contributed by atoms with Crippen molar-refractivity contribution in [3.05, 3.63) is 29.6 Å². The van der Waals surface area contributed by atoms with E-state index in [0.717, 1.165) is 36.8 Å². The molecule has 2 saturated carbocycles. The highest BCUT2D eigenvalue weighted by molar-refractivity contribution is 5.49. The van der Waals surface area contributed by atoms with Crippen molar-refractivity contribution in [3.63, 3.8) is 0 Å². The highest BCUT2D eigenvalue weighted by Gasteiger charge is 2.22. The topological polar surface area (TPSA) is 15.3 Å². The van der Waals surface area contributed by atoms with Crippen molar-refractivity contribution < 1.29 is 4.39 Å². The Morgan fingerprint density at radius 3 is 2.60 bits per heavy atom. The molecule has 1 aromatic rings. The van der Waals surface area contributed by atoms with Crippen LogP contribution in [-0.2, 0) is 6.54 Å². The lowest BCUT2D eigenvalue weighted by molar-refractivity contribution is 0.318. The zero-order valence-electron chi connectivity index (χ0n) is 12.4. The number of nitrogens with one attached hydrogen (secondary N) is 1. The number of rotatable bonds is 7. The van der Waals surface area contributed by atoms with Gasteiger partial charge in [0.1, 0.15) is 5.82 Å². The normalized spacial score (nSPS) is 18.9. The van der Waals surface area contributed by atoms with E-state index in [9.17, 15) is 4.39 Å². The molecule has 110 valence electrons. The van der Waals surface area contributed by atoms with Crippen molar-refractivity contribution in [2.75, 3.05) is 18.0 Å². The van der Waals surface area contributed by atoms with Crippen LogP contribution in [0.25, 0.3) is 0 Å². The van der Waals surface area contributed by atoms with Crippen LogP contribution in [0.4, 0.5) is 10.1 Å². The quantitative estimate of drug-likeness (QED) is 0.817. The minimum Gasteiger partial charge on any atom is -0.371 e. The van der Waals surface area contributed by atoms with Crippen LogP contribution in [-0.4, -0.2) is 19.1 Å². The summed E-state index contributed by atoms with van der Waals surface area (Å²) >= 11 is 0.